The van der Waals surface area contributed by atoms with Crippen molar-refractivity contribution in [3.8, 4) is 11.3 Å². The van der Waals surface area contributed by atoms with Crippen molar-refractivity contribution in [2.75, 3.05) is 26.2 Å². The van der Waals surface area contributed by atoms with E-state index in [1.165, 1.54) is 12.4 Å². The highest BCUT2D eigenvalue weighted by Gasteiger charge is 2.31. The summed E-state index contributed by atoms with van der Waals surface area (Å²) in [5.41, 5.74) is 1.60. The number of hydrogen-bond acceptors (Lipinski definition) is 4. The molecular weight excluding hydrogens is 356 g/mol. The number of amides is 2. The second-order valence-electron chi connectivity index (χ2n) is 7.48. The van der Waals surface area contributed by atoms with Gasteiger partial charge in [-0.25, -0.2) is 4.98 Å². The van der Waals surface area contributed by atoms with Gasteiger partial charge in [-0.05, 0) is 31.4 Å². The van der Waals surface area contributed by atoms with Crippen LogP contribution in [0.25, 0.3) is 11.3 Å². The summed E-state index contributed by atoms with van der Waals surface area (Å²) in [6.07, 6.45) is 5.30. The second-order valence-corrected chi connectivity index (χ2v) is 7.48. The zero-order chi connectivity index (χ0) is 19.5. The van der Waals surface area contributed by atoms with Crippen molar-refractivity contribution in [1.29, 1.82) is 0 Å². The van der Waals surface area contributed by atoms with E-state index in [2.05, 4.69) is 9.97 Å². The van der Waals surface area contributed by atoms with Crippen LogP contribution in [0.3, 0.4) is 0 Å². The number of carbonyl (C=O) groups excluding carboxylic acids is 2. The maximum absolute atomic E-state index is 13.0. The predicted octanol–water partition coefficient (Wildman–Crippen LogP) is 1.91. The maximum Gasteiger partial charge on any atom is 0.253 e. The van der Waals surface area contributed by atoms with Gasteiger partial charge in [-0.3, -0.25) is 14.4 Å². The molecule has 146 valence electrons. The Bertz CT molecular complexity index is 935. The third kappa shape index (κ3) is 3.83. The molecule has 0 spiro atoms. The Hall–Kier alpha value is -2.96. The summed E-state index contributed by atoms with van der Waals surface area (Å²) in [7, 11) is 0. The van der Waals surface area contributed by atoms with Gasteiger partial charge in [0.15, 0.2) is 0 Å². The first-order valence-electron chi connectivity index (χ1n) is 9.85. The Morgan fingerprint density at radius 1 is 1.00 bits per heavy atom. The first kappa shape index (κ1) is 18.4. The van der Waals surface area contributed by atoms with Gasteiger partial charge in [0.2, 0.25) is 5.91 Å². The largest absolute Gasteiger partial charge is 0.341 e. The highest BCUT2D eigenvalue weighted by molar-refractivity contribution is 5.95. The molecule has 0 radical (unpaired) electrons. The summed E-state index contributed by atoms with van der Waals surface area (Å²) in [5, 5.41) is 0. The van der Waals surface area contributed by atoms with E-state index in [9.17, 15) is 14.4 Å². The van der Waals surface area contributed by atoms with Crippen molar-refractivity contribution in [1.82, 2.24) is 19.8 Å². The van der Waals surface area contributed by atoms with Crippen molar-refractivity contribution in [3.63, 3.8) is 0 Å². The van der Waals surface area contributed by atoms with E-state index in [-0.39, 0.29) is 23.3 Å². The molecule has 2 heterocycles. The zero-order valence-corrected chi connectivity index (χ0v) is 15.8. The zero-order valence-electron chi connectivity index (χ0n) is 15.8. The molecule has 0 unspecified atom stereocenters. The van der Waals surface area contributed by atoms with Gasteiger partial charge in [0.1, 0.15) is 0 Å². The molecule has 4 rings (SSSR count). The molecule has 2 aromatic rings. The SMILES string of the molecule is O=C(c1cccc(-c2cc(=O)[nH]cn2)c1)N1CCCN(C(=O)C2CCC2)CC1. The average molecular weight is 380 g/mol. The number of H-pyrrole nitrogens is 1. The van der Waals surface area contributed by atoms with Crippen molar-refractivity contribution in [3.05, 3.63) is 52.6 Å². The van der Waals surface area contributed by atoms with Crippen LogP contribution < -0.4 is 5.56 Å². The third-order valence-corrected chi connectivity index (χ3v) is 5.63. The molecule has 1 N–H and O–H groups in total. The van der Waals surface area contributed by atoms with Crippen LogP contribution in [0.5, 0.6) is 0 Å². The molecule has 28 heavy (non-hydrogen) atoms. The lowest BCUT2D eigenvalue weighted by atomic mass is 9.84. The Morgan fingerprint density at radius 2 is 1.79 bits per heavy atom. The summed E-state index contributed by atoms with van der Waals surface area (Å²) in [6.45, 7) is 2.50. The van der Waals surface area contributed by atoms with Crippen LogP contribution in [0.2, 0.25) is 0 Å². The number of nitrogens with zero attached hydrogens (tertiary/aromatic N) is 3. The number of carbonyl (C=O) groups is 2. The van der Waals surface area contributed by atoms with Gasteiger partial charge in [0.25, 0.3) is 11.5 Å². The normalized spacial score (nSPS) is 17.7. The molecule has 2 aliphatic rings. The van der Waals surface area contributed by atoms with Crippen LogP contribution in [0.4, 0.5) is 0 Å². The summed E-state index contributed by atoms with van der Waals surface area (Å²) in [6, 6.07) is 8.60. The van der Waals surface area contributed by atoms with Crippen molar-refractivity contribution < 1.29 is 9.59 Å². The van der Waals surface area contributed by atoms with E-state index < -0.39 is 0 Å². The lowest BCUT2D eigenvalue weighted by Crippen LogP contribution is -2.41. The molecule has 7 heteroatoms. The average Bonchev–Trinajstić information content (AvgIpc) is 2.92. The summed E-state index contributed by atoms with van der Waals surface area (Å²) >= 11 is 0. The summed E-state index contributed by atoms with van der Waals surface area (Å²) < 4.78 is 0. The smallest absolute Gasteiger partial charge is 0.253 e. The Labute approximate surface area is 163 Å². The first-order chi connectivity index (χ1) is 13.6. The van der Waals surface area contributed by atoms with E-state index in [1.54, 1.807) is 18.2 Å². The number of benzene rings is 1. The topological polar surface area (TPSA) is 86.4 Å². The van der Waals surface area contributed by atoms with Crippen LogP contribution in [-0.2, 0) is 4.79 Å². The fourth-order valence-electron chi connectivity index (χ4n) is 3.77. The number of aromatic amines is 1. The first-order valence-corrected chi connectivity index (χ1v) is 9.85. The standard InChI is InChI=1S/C21H24N4O3/c26-19-13-18(22-14-23-19)16-6-2-7-17(12-16)21(28)25-9-3-8-24(10-11-25)20(27)15-4-1-5-15/h2,6-7,12-15H,1,3-5,8-11H2,(H,22,23,26). The highest BCUT2D eigenvalue weighted by Crippen LogP contribution is 2.28. The van der Waals surface area contributed by atoms with E-state index in [1.807, 2.05) is 15.9 Å². The number of nitrogens with one attached hydrogen (secondary N) is 1. The van der Waals surface area contributed by atoms with Crippen molar-refractivity contribution in [2.45, 2.75) is 25.7 Å². The van der Waals surface area contributed by atoms with Gasteiger partial charge in [0, 0.05) is 49.3 Å². The highest BCUT2D eigenvalue weighted by atomic mass is 16.2. The number of aromatic nitrogens is 2. The predicted molar refractivity (Wildman–Crippen MR) is 105 cm³/mol. The summed E-state index contributed by atoms with van der Waals surface area (Å²) in [4.78, 5) is 47.4. The fourth-order valence-corrected chi connectivity index (χ4v) is 3.77. The Kier molecular flexibility index (Phi) is 5.23. The third-order valence-electron chi connectivity index (χ3n) is 5.63. The quantitative estimate of drug-likeness (QED) is 0.881. The molecule has 0 bridgehead atoms. The molecule has 1 saturated heterocycles. The molecule has 1 aliphatic carbocycles. The maximum atomic E-state index is 13.0. The molecule has 1 aliphatic heterocycles. The van der Waals surface area contributed by atoms with Gasteiger partial charge in [-0.1, -0.05) is 18.6 Å². The Balaban J connectivity index is 1.46. The number of rotatable bonds is 3. The van der Waals surface area contributed by atoms with E-state index in [0.717, 1.165) is 37.8 Å². The van der Waals surface area contributed by atoms with Crippen LogP contribution in [0.1, 0.15) is 36.0 Å². The molecular formula is C21H24N4O3. The number of hydrogen-bond donors (Lipinski definition) is 1. The minimum atomic E-state index is -0.231. The van der Waals surface area contributed by atoms with E-state index in [4.69, 9.17) is 0 Å². The lowest BCUT2D eigenvalue weighted by molar-refractivity contribution is -0.138. The summed E-state index contributed by atoms with van der Waals surface area (Å²) in [5.74, 6) is 0.396. The van der Waals surface area contributed by atoms with Gasteiger partial charge >= 0.3 is 0 Å². The Morgan fingerprint density at radius 3 is 2.54 bits per heavy atom. The molecule has 7 nitrogen and oxygen atoms in total. The van der Waals surface area contributed by atoms with Crippen LogP contribution in [0.15, 0.2) is 41.5 Å². The molecule has 1 aromatic carbocycles. The van der Waals surface area contributed by atoms with Gasteiger partial charge in [0.05, 0.1) is 12.0 Å². The molecule has 1 saturated carbocycles. The monoisotopic (exact) mass is 380 g/mol. The van der Waals surface area contributed by atoms with E-state index in [0.29, 0.717) is 30.9 Å². The van der Waals surface area contributed by atoms with Crippen LogP contribution in [0, 0.1) is 5.92 Å². The fraction of sp³-hybridized carbons (Fsp3) is 0.429. The lowest BCUT2D eigenvalue weighted by Gasteiger charge is -2.31. The van der Waals surface area contributed by atoms with Crippen molar-refractivity contribution in [2.24, 2.45) is 5.92 Å². The van der Waals surface area contributed by atoms with Crippen molar-refractivity contribution >= 4 is 11.8 Å². The molecule has 2 amide bonds. The second kappa shape index (κ2) is 7.96. The molecule has 1 aromatic heterocycles. The minimum absolute atomic E-state index is 0.0513. The van der Waals surface area contributed by atoms with E-state index >= 15 is 0 Å². The minimum Gasteiger partial charge on any atom is -0.341 e. The molecule has 0 atom stereocenters. The van der Waals surface area contributed by atoms with Crippen LogP contribution in [-0.4, -0.2) is 57.8 Å². The molecule has 2 fully saturated rings. The van der Waals surface area contributed by atoms with Crippen LogP contribution >= 0.6 is 0 Å². The van der Waals surface area contributed by atoms with Gasteiger partial charge < -0.3 is 14.8 Å². The van der Waals surface area contributed by atoms with Gasteiger partial charge in [-0.15, -0.1) is 0 Å². The van der Waals surface area contributed by atoms with Gasteiger partial charge in [-0.2, -0.15) is 0 Å².